The molecule has 0 aromatic heterocycles. The lowest BCUT2D eigenvalue weighted by atomic mass is 9.86. The van der Waals surface area contributed by atoms with Crippen molar-refractivity contribution in [3.8, 4) is 23.3 Å². The molecule has 2 N–H and O–H groups in total. The number of carbonyl (C=O) groups excluding carboxylic acids is 1. The Morgan fingerprint density at radius 3 is 2.47 bits per heavy atom. The number of hydrogen-bond acceptors (Lipinski definition) is 4. The Kier molecular flexibility index (Phi) is 5.53. The van der Waals surface area contributed by atoms with Crippen molar-refractivity contribution in [2.45, 2.75) is 37.8 Å². The molecule has 2 aromatic rings. The van der Waals surface area contributed by atoms with Crippen LogP contribution in [0, 0.1) is 46.2 Å². The van der Waals surface area contributed by atoms with Crippen LogP contribution in [-0.2, 0) is 11.2 Å². The molecule has 4 rings (SSSR count). The fourth-order valence-electron chi connectivity index (χ4n) is 4.88. The first-order valence-corrected chi connectivity index (χ1v) is 10.2. The number of halogens is 1. The molecule has 2 saturated carbocycles. The van der Waals surface area contributed by atoms with E-state index in [1.165, 1.54) is 12.1 Å². The van der Waals surface area contributed by atoms with Gasteiger partial charge in [0.15, 0.2) is 0 Å². The molecule has 0 heterocycles. The monoisotopic (exact) mass is 403 g/mol. The van der Waals surface area contributed by atoms with E-state index in [1.54, 1.807) is 12.1 Å². The normalized spacial score (nSPS) is 25.3. The minimum Gasteiger partial charge on any atom is -0.393 e. The molecule has 2 aliphatic rings. The zero-order chi connectivity index (χ0) is 21.3. The highest BCUT2D eigenvalue weighted by molar-refractivity contribution is 5.80. The van der Waals surface area contributed by atoms with Crippen molar-refractivity contribution in [3.05, 3.63) is 59.4 Å². The highest BCUT2D eigenvalue weighted by Crippen LogP contribution is 2.48. The molecule has 152 valence electrons. The Morgan fingerprint density at radius 1 is 1.13 bits per heavy atom. The quantitative estimate of drug-likeness (QED) is 0.800. The number of fused-ring (bicyclic) bond motifs is 2. The van der Waals surface area contributed by atoms with Crippen molar-refractivity contribution >= 4 is 5.91 Å². The summed E-state index contributed by atoms with van der Waals surface area (Å²) in [5.74, 6) is -0.472. The van der Waals surface area contributed by atoms with Gasteiger partial charge < -0.3 is 10.4 Å². The number of amides is 1. The fraction of sp³-hybridized carbons (Fsp3) is 0.375. The Bertz CT molecular complexity index is 1040. The number of nitrogens with one attached hydrogen (secondary N) is 1. The van der Waals surface area contributed by atoms with Gasteiger partial charge in [0.1, 0.15) is 17.9 Å². The zero-order valence-corrected chi connectivity index (χ0v) is 16.4. The molecule has 2 fully saturated rings. The van der Waals surface area contributed by atoms with Crippen LogP contribution >= 0.6 is 0 Å². The predicted molar refractivity (Wildman–Crippen MR) is 108 cm³/mol. The molecule has 0 saturated heterocycles. The van der Waals surface area contributed by atoms with E-state index in [0.717, 1.165) is 30.4 Å². The molecule has 0 spiro atoms. The lowest BCUT2D eigenvalue weighted by Crippen LogP contribution is -2.43. The second-order valence-electron chi connectivity index (χ2n) is 8.31. The SMILES string of the molecule is N#Cc1ccc(-c2ccc(C[C@@H](C#N)NC(=O)[C@H]3C[C@H]4C[C@@H]3[C@@H](O)C4)cc2)cc1F. The van der Waals surface area contributed by atoms with Crippen molar-refractivity contribution in [3.63, 3.8) is 0 Å². The van der Waals surface area contributed by atoms with E-state index in [-0.39, 0.29) is 23.3 Å². The summed E-state index contributed by atoms with van der Waals surface area (Å²) in [4.78, 5) is 12.6. The molecule has 5 atom stereocenters. The van der Waals surface area contributed by atoms with Crippen LogP contribution < -0.4 is 5.32 Å². The Morgan fingerprint density at radius 2 is 1.87 bits per heavy atom. The van der Waals surface area contributed by atoms with Crippen molar-refractivity contribution in [2.24, 2.45) is 17.8 Å². The number of aliphatic hydroxyl groups excluding tert-OH is 1. The maximum absolute atomic E-state index is 13.8. The third-order valence-electron chi connectivity index (χ3n) is 6.40. The molecular formula is C24H22FN3O2. The van der Waals surface area contributed by atoms with Crippen LogP contribution in [0.5, 0.6) is 0 Å². The smallest absolute Gasteiger partial charge is 0.224 e. The third kappa shape index (κ3) is 3.92. The van der Waals surface area contributed by atoms with Crippen LogP contribution in [-0.4, -0.2) is 23.2 Å². The van der Waals surface area contributed by atoms with Gasteiger partial charge in [-0.05, 0) is 59.9 Å². The Balaban J connectivity index is 1.39. The number of aliphatic hydroxyl groups is 1. The lowest BCUT2D eigenvalue weighted by molar-refractivity contribution is -0.128. The number of nitrogens with zero attached hydrogens (tertiary/aromatic N) is 2. The first-order valence-electron chi connectivity index (χ1n) is 10.2. The van der Waals surface area contributed by atoms with Gasteiger partial charge in [0, 0.05) is 12.3 Å². The van der Waals surface area contributed by atoms with Crippen LogP contribution in [0.4, 0.5) is 4.39 Å². The second kappa shape index (κ2) is 8.26. The summed E-state index contributed by atoms with van der Waals surface area (Å²) in [6.45, 7) is 0. The van der Waals surface area contributed by atoms with E-state index in [1.807, 2.05) is 24.3 Å². The number of rotatable bonds is 5. The average molecular weight is 403 g/mol. The lowest BCUT2D eigenvalue weighted by Gasteiger charge is -2.26. The van der Waals surface area contributed by atoms with Gasteiger partial charge in [-0.2, -0.15) is 10.5 Å². The van der Waals surface area contributed by atoms with Crippen molar-refractivity contribution in [1.82, 2.24) is 5.32 Å². The average Bonchev–Trinajstić information content (AvgIpc) is 3.33. The van der Waals surface area contributed by atoms with Crippen LogP contribution in [0.2, 0.25) is 0 Å². The number of hydrogen-bond donors (Lipinski definition) is 2. The Labute approximate surface area is 174 Å². The van der Waals surface area contributed by atoms with Crippen molar-refractivity contribution < 1.29 is 14.3 Å². The van der Waals surface area contributed by atoms with Gasteiger partial charge in [-0.1, -0.05) is 30.3 Å². The topological polar surface area (TPSA) is 96.9 Å². The van der Waals surface area contributed by atoms with E-state index >= 15 is 0 Å². The van der Waals surface area contributed by atoms with Crippen LogP contribution in [0.1, 0.15) is 30.4 Å². The summed E-state index contributed by atoms with van der Waals surface area (Å²) in [5, 5.41) is 31.2. The van der Waals surface area contributed by atoms with Gasteiger partial charge in [-0.15, -0.1) is 0 Å². The maximum Gasteiger partial charge on any atom is 0.224 e. The first kappa shape index (κ1) is 20.1. The molecule has 0 aliphatic heterocycles. The molecule has 0 radical (unpaired) electrons. The van der Waals surface area contributed by atoms with E-state index < -0.39 is 18.0 Å². The van der Waals surface area contributed by atoms with E-state index in [0.29, 0.717) is 17.9 Å². The molecular weight excluding hydrogens is 381 g/mol. The molecule has 2 bridgehead atoms. The first-order chi connectivity index (χ1) is 14.5. The molecule has 6 heteroatoms. The maximum atomic E-state index is 13.8. The van der Waals surface area contributed by atoms with Crippen LogP contribution in [0.15, 0.2) is 42.5 Å². The van der Waals surface area contributed by atoms with Crippen LogP contribution in [0.25, 0.3) is 11.1 Å². The molecule has 2 aromatic carbocycles. The van der Waals surface area contributed by atoms with Gasteiger partial charge in [0.2, 0.25) is 5.91 Å². The fourth-order valence-corrected chi connectivity index (χ4v) is 4.88. The summed E-state index contributed by atoms with van der Waals surface area (Å²) in [7, 11) is 0. The standard InChI is InChI=1S/C24H22FN3O2/c25-22-11-17(5-6-18(22)12-26)16-3-1-14(2-4-16)7-19(13-27)28-24(30)21-9-15-8-20(21)23(29)10-15/h1-6,11,15,19-21,23,29H,7-10H2,(H,28,30)/t15-,19+,20+,21+,23+/m1/s1. The largest absolute Gasteiger partial charge is 0.393 e. The minimum atomic E-state index is -0.646. The number of benzene rings is 2. The predicted octanol–water partition coefficient (Wildman–Crippen LogP) is 3.32. The van der Waals surface area contributed by atoms with Crippen molar-refractivity contribution in [1.29, 1.82) is 10.5 Å². The summed E-state index contributed by atoms with van der Waals surface area (Å²) < 4.78 is 13.8. The van der Waals surface area contributed by atoms with Gasteiger partial charge in [-0.25, -0.2) is 4.39 Å². The van der Waals surface area contributed by atoms with Gasteiger partial charge in [-0.3, -0.25) is 4.79 Å². The van der Waals surface area contributed by atoms with E-state index in [4.69, 9.17) is 5.26 Å². The molecule has 2 aliphatic carbocycles. The van der Waals surface area contributed by atoms with Gasteiger partial charge >= 0.3 is 0 Å². The zero-order valence-electron chi connectivity index (χ0n) is 16.4. The van der Waals surface area contributed by atoms with Gasteiger partial charge in [0.25, 0.3) is 0 Å². The minimum absolute atomic E-state index is 0.00553. The molecule has 5 nitrogen and oxygen atoms in total. The van der Waals surface area contributed by atoms with Crippen molar-refractivity contribution in [2.75, 3.05) is 0 Å². The third-order valence-corrected chi connectivity index (χ3v) is 6.40. The summed E-state index contributed by atoms with van der Waals surface area (Å²) in [5.41, 5.74) is 2.35. The van der Waals surface area contributed by atoms with Gasteiger partial charge in [0.05, 0.1) is 17.7 Å². The number of nitriles is 2. The van der Waals surface area contributed by atoms with Crippen LogP contribution in [0.3, 0.4) is 0 Å². The molecule has 1 amide bonds. The Hall–Kier alpha value is -3.22. The highest BCUT2D eigenvalue weighted by atomic mass is 19.1. The summed E-state index contributed by atoms with van der Waals surface area (Å²) in [6, 6.07) is 15.1. The van der Waals surface area contributed by atoms with E-state index in [9.17, 15) is 19.6 Å². The molecule has 30 heavy (non-hydrogen) atoms. The molecule has 0 unspecified atom stereocenters. The van der Waals surface area contributed by atoms with E-state index in [2.05, 4.69) is 11.4 Å². The second-order valence-corrected chi connectivity index (χ2v) is 8.31. The summed E-state index contributed by atoms with van der Waals surface area (Å²) >= 11 is 0. The highest BCUT2D eigenvalue weighted by Gasteiger charge is 2.48. The summed E-state index contributed by atoms with van der Waals surface area (Å²) in [6.07, 6.45) is 2.44. The number of carbonyl (C=O) groups is 1.